The van der Waals surface area contributed by atoms with Gasteiger partial charge in [0.05, 0.1) is 0 Å². The molecule has 0 fully saturated rings. The second kappa shape index (κ2) is 25.3. The average molecular weight is 684 g/mol. The van der Waals surface area contributed by atoms with Gasteiger partial charge < -0.3 is 0 Å². The molecule has 0 atom stereocenters. The Labute approximate surface area is 285 Å². The van der Waals surface area contributed by atoms with Crippen LogP contribution in [0.2, 0.25) is 6.04 Å². The topological polar surface area (TPSA) is 0 Å². The first kappa shape index (κ1) is 41.2. The Morgan fingerprint density at radius 2 is 0.977 bits per heavy atom. The Hall–Kier alpha value is -0.803. The molecule has 0 saturated heterocycles. The Kier molecular flexibility index (Phi) is 23.7. The van der Waals surface area contributed by atoms with Crippen molar-refractivity contribution in [1.29, 1.82) is 0 Å². The van der Waals surface area contributed by atoms with Crippen LogP contribution in [0.5, 0.6) is 0 Å². The number of hydrogen-bond donors (Lipinski definition) is 0. The number of halogens is 4. The molecule has 250 valence electrons. The normalized spacial score (nSPS) is 12.5. The van der Waals surface area contributed by atoms with Crippen molar-refractivity contribution < 1.29 is 4.70 Å². The van der Waals surface area contributed by atoms with E-state index < -0.39 is 6.00 Å². The molecule has 0 aliphatic heterocycles. The van der Waals surface area contributed by atoms with E-state index in [9.17, 15) is 0 Å². The van der Waals surface area contributed by atoms with Gasteiger partial charge in [-0.3, -0.25) is 4.70 Å². The maximum absolute atomic E-state index is 5.74. The van der Waals surface area contributed by atoms with Crippen LogP contribution >= 0.6 is 33.2 Å². The molecule has 3 aromatic rings. The Morgan fingerprint density at radius 3 is 1.52 bits per heavy atom. The monoisotopic (exact) mass is 682 g/mol. The average Bonchev–Trinajstić information content (AvgIpc) is 3.02. The molecule has 0 amide bonds. The number of aryl methyl sites for hydroxylation is 2. The van der Waals surface area contributed by atoms with E-state index in [1.165, 1.54) is 150 Å². The predicted octanol–water partition coefficient (Wildman–Crippen LogP) is 15.3. The van der Waals surface area contributed by atoms with Crippen LogP contribution in [0.15, 0.2) is 48.5 Å². The third kappa shape index (κ3) is 17.2. The molecule has 0 N–H and O–H groups in total. The lowest BCUT2D eigenvalue weighted by Gasteiger charge is -2.18. The minimum absolute atomic E-state index is 0. The number of rotatable bonds is 17. The third-order valence-electron chi connectivity index (χ3n) is 8.78. The van der Waals surface area contributed by atoms with E-state index >= 15 is 0 Å². The van der Waals surface area contributed by atoms with Crippen molar-refractivity contribution in [2.24, 2.45) is 0 Å². The van der Waals surface area contributed by atoms with Crippen LogP contribution in [-0.4, -0.2) is 6.00 Å². The van der Waals surface area contributed by atoms with Gasteiger partial charge in [-0.15, -0.1) is 33.2 Å². The van der Waals surface area contributed by atoms with Gasteiger partial charge in [0.15, 0.2) is 0 Å². The zero-order valence-electron chi connectivity index (χ0n) is 28.2. The minimum Gasteiger partial charge on any atom is -0.269 e. The standard InChI is InChI=1S/C18H16.C13H28.C8H17Cl3Si.FH/c1-3-7-15-13(5-1)9-11-18-16-8-4-2-6-14(16)10-12-17(15)18;1-3-5-7-9-11-13-12-10-8-6-4-2;1-2-3-4-5-6-7-8-12(9,10)11;/h1,3,5,7,9-12H,2,4,6,8H2;3-13H2,1-2H3;2-8H2,1H3;1H. The molecule has 0 spiro atoms. The Balaban J connectivity index is 0.000000338. The molecule has 4 rings (SSSR count). The van der Waals surface area contributed by atoms with E-state index in [2.05, 4.69) is 69.3 Å². The van der Waals surface area contributed by atoms with Crippen molar-refractivity contribution >= 4 is 60.8 Å². The first-order valence-corrected chi connectivity index (χ1v) is 23.1. The van der Waals surface area contributed by atoms with Gasteiger partial charge in [-0.05, 0) is 64.4 Å². The summed E-state index contributed by atoms with van der Waals surface area (Å²) in [5.74, 6) is 0. The van der Waals surface area contributed by atoms with Crippen molar-refractivity contribution in [2.45, 2.75) is 162 Å². The molecular weight excluding hydrogens is 622 g/mol. The molecule has 0 aromatic heterocycles. The molecule has 0 heterocycles. The fourth-order valence-corrected chi connectivity index (χ4v) is 8.04. The summed E-state index contributed by atoms with van der Waals surface area (Å²) >= 11 is 17.2. The number of hydrogen-bond acceptors (Lipinski definition) is 0. The summed E-state index contributed by atoms with van der Waals surface area (Å²) in [6.45, 7) is 6.78. The second-order valence-corrected chi connectivity index (χ2v) is 21.9. The molecule has 1 aliphatic carbocycles. The van der Waals surface area contributed by atoms with Crippen molar-refractivity contribution in [3.05, 3.63) is 59.7 Å². The smallest absolute Gasteiger partial charge is 0.269 e. The van der Waals surface area contributed by atoms with E-state index in [4.69, 9.17) is 33.2 Å². The molecule has 1 aliphatic rings. The van der Waals surface area contributed by atoms with Crippen molar-refractivity contribution in [1.82, 2.24) is 0 Å². The van der Waals surface area contributed by atoms with Gasteiger partial charge in [-0.25, -0.2) is 0 Å². The van der Waals surface area contributed by atoms with Crippen molar-refractivity contribution in [3.63, 3.8) is 0 Å². The van der Waals surface area contributed by atoms with Gasteiger partial charge in [-0.2, -0.15) is 0 Å². The number of benzene rings is 3. The Morgan fingerprint density at radius 1 is 0.500 bits per heavy atom. The SMILES string of the molecule is CCCCCCCCCCCCC.CCCCCCCC[Si](Cl)(Cl)Cl.F.c1ccc2c(c1)ccc1c3c(ccc12)CCCC3. The zero-order chi connectivity index (χ0) is 31.2. The minimum atomic E-state index is -2.31. The highest BCUT2D eigenvalue weighted by Crippen LogP contribution is 2.33. The van der Waals surface area contributed by atoms with Crippen LogP contribution in [0, 0.1) is 0 Å². The second-order valence-electron chi connectivity index (χ2n) is 12.6. The largest absolute Gasteiger partial charge is 0.341 e. The first-order valence-electron chi connectivity index (χ1n) is 17.9. The molecule has 0 unspecified atom stereocenters. The highest BCUT2D eigenvalue weighted by Gasteiger charge is 2.23. The van der Waals surface area contributed by atoms with Gasteiger partial charge in [-0.1, -0.05) is 178 Å². The molecule has 0 saturated carbocycles. The van der Waals surface area contributed by atoms with Gasteiger partial charge in [0.25, 0.3) is 0 Å². The quantitative estimate of drug-likeness (QED) is 0.0575. The van der Waals surface area contributed by atoms with Crippen LogP contribution < -0.4 is 0 Å². The predicted molar refractivity (Wildman–Crippen MR) is 204 cm³/mol. The van der Waals surface area contributed by atoms with Gasteiger partial charge in [0.2, 0.25) is 0 Å². The van der Waals surface area contributed by atoms with Crippen molar-refractivity contribution in [3.8, 4) is 0 Å². The van der Waals surface area contributed by atoms with E-state index in [1.54, 1.807) is 11.1 Å². The molecule has 5 heteroatoms. The first-order chi connectivity index (χ1) is 20.9. The zero-order valence-corrected chi connectivity index (χ0v) is 31.5. The maximum Gasteiger partial charge on any atom is 0.341 e. The lowest BCUT2D eigenvalue weighted by molar-refractivity contribution is 0.554. The number of fused-ring (bicyclic) bond motifs is 5. The van der Waals surface area contributed by atoms with E-state index in [0.717, 1.165) is 12.5 Å². The molecule has 0 nitrogen and oxygen atoms in total. The summed E-state index contributed by atoms with van der Waals surface area (Å²) in [5.41, 5.74) is 3.17. The molecule has 0 radical (unpaired) electrons. The third-order valence-corrected chi connectivity index (χ3v) is 11.4. The lowest BCUT2D eigenvalue weighted by atomic mass is 9.86. The van der Waals surface area contributed by atoms with E-state index in [0.29, 0.717) is 0 Å². The summed E-state index contributed by atoms with van der Waals surface area (Å²) in [5, 5.41) is 5.64. The fraction of sp³-hybridized carbons (Fsp3) is 0.641. The van der Waals surface area contributed by atoms with Crippen LogP contribution in [0.4, 0.5) is 4.70 Å². The molecule has 44 heavy (non-hydrogen) atoms. The van der Waals surface area contributed by atoms with Crippen LogP contribution in [0.25, 0.3) is 21.5 Å². The van der Waals surface area contributed by atoms with E-state index in [1.807, 2.05) is 0 Å². The maximum atomic E-state index is 5.74. The van der Waals surface area contributed by atoms with Gasteiger partial charge in [0.1, 0.15) is 0 Å². The van der Waals surface area contributed by atoms with Gasteiger partial charge >= 0.3 is 6.00 Å². The summed E-state index contributed by atoms with van der Waals surface area (Å²) in [6, 6.07) is 16.5. The van der Waals surface area contributed by atoms with Gasteiger partial charge in [0, 0.05) is 0 Å². The molecular formula is C39H62Cl3FSi. The fourth-order valence-electron chi connectivity index (χ4n) is 6.19. The van der Waals surface area contributed by atoms with Crippen LogP contribution in [-0.2, 0) is 12.8 Å². The molecule has 0 bridgehead atoms. The van der Waals surface area contributed by atoms with Crippen molar-refractivity contribution in [2.75, 3.05) is 0 Å². The highest BCUT2D eigenvalue weighted by atomic mass is 35.8. The lowest BCUT2D eigenvalue weighted by Crippen LogP contribution is -2.07. The summed E-state index contributed by atoms with van der Waals surface area (Å²) < 4.78 is 0. The Bertz CT molecular complexity index is 1120. The van der Waals surface area contributed by atoms with Crippen LogP contribution in [0.3, 0.4) is 0 Å². The van der Waals surface area contributed by atoms with Crippen LogP contribution in [0.1, 0.15) is 154 Å². The summed E-state index contributed by atoms with van der Waals surface area (Å²) in [4.78, 5) is 0. The van der Waals surface area contributed by atoms with E-state index in [-0.39, 0.29) is 4.70 Å². The summed E-state index contributed by atoms with van der Waals surface area (Å²) in [7, 11) is 0. The summed E-state index contributed by atoms with van der Waals surface area (Å²) in [6.07, 6.45) is 28.7. The highest BCUT2D eigenvalue weighted by molar-refractivity contribution is 7.64. The number of unbranched alkanes of at least 4 members (excludes halogenated alkanes) is 15. The molecule has 3 aromatic carbocycles.